The second kappa shape index (κ2) is 8.99. The Morgan fingerprint density at radius 3 is 2.44 bits per heavy atom. The number of amides is 1. The lowest BCUT2D eigenvalue weighted by atomic mass is 10.0. The van der Waals surface area contributed by atoms with Crippen molar-refractivity contribution in [3.63, 3.8) is 0 Å². The first-order chi connectivity index (χ1) is 17.2. The summed E-state index contributed by atoms with van der Waals surface area (Å²) in [6.45, 7) is 3.62. The maximum Gasteiger partial charge on any atom is 0.274 e. The van der Waals surface area contributed by atoms with Gasteiger partial charge < -0.3 is 5.73 Å². The average molecular weight is 506 g/mol. The van der Waals surface area contributed by atoms with Crippen molar-refractivity contribution < 1.29 is 13.6 Å². The molecule has 0 bridgehead atoms. The van der Waals surface area contributed by atoms with Crippen molar-refractivity contribution in [2.75, 3.05) is 0 Å². The molecule has 1 saturated carbocycles. The fraction of sp³-hybridized carbons (Fsp3) is 0.179. The first-order valence-corrected chi connectivity index (χ1v) is 11.8. The fourth-order valence-corrected chi connectivity index (χ4v) is 4.98. The Morgan fingerprint density at radius 1 is 1.06 bits per heavy atom. The number of hydrogen-bond donors (Lipinski definition) is 1. The van der Waals surface area contributed by atoms with Crippen LogP contribution < -0.4 is 11.3 Å². The van der Waals surface area contributed by atoms with Crippen molar-refractivity contribution >= 4 is 17.5 Å². The summed E-state index contributed by atoms with van der Waals surface area (Å²) < 4.78 is 29.5. The Bertz CT molecular complexity index is 1580. The van der Waals surface area contributed by atoms with Crippen LogP contribution in [0.15, 0.2) is 65.6 Å². The molecular formula is C28H22ClF2N3O2. The number of nitrogens with zero attached hydrogens (tertiary/aromatic N) is 2. The van der Waals surface area contributed by atoms with Crippen molar-refractivity contribution in [3.8, 4) is 16.9 Å². The van der Waals surface area contributed by atoms with Gasteiger partial charge in [0.15, 0.2) is 0 Å². The van der Waals surface area contributed by atoms with Gasteiger partial charge in [0.1, 0.15) is 16.7 Å². The second-order valence-electron chi connectivity index (χ2n) is 9.11. The van der Waals surface area contributed by atoms with Gasteiger partial charge in [0, 0.05) is 23.0 Å². The SMILES string of the molecule is Cc1cnc(-c2ccc(C(N)=O)cc2F)cc1-n1c(C)cc([C@@H]2CC2c2ccc(F)cc2)c(Cl)c1=O. The fourth-order valence-electron chi connectivity index (χ4n) is 4.70. The highest BCUT2D eigenvalue weighted by Gasteiger charge is 2.41. The van der Waals surface area contributed by atoms with Crippen molar-refractivity contribution in [1.29, 1.82) is 0 Å². The molecule has 4 aromatic rings. The highest BCUT2D eigenvalue weighted by Crippen LogP contribution is 2.55. The Hall–Kier alpha value is -3.84. The van der Waals surface area contributed by atoms with E-state index in [9.17, 15) is 18.4 Å². The van der Waals surface area contributed by atoms with E-state index in [1.54, 1.807) is 31.3 Å². The minimum Gasteiger partial charge on any atom is -0.366 e. The molecule has 0 radical (unpaired) electrons. The number of aryl methyl sites for hydroxylation is 2. The zero-order valence-corrected chi connectivity index (χ0v) is 20.3. The third kappa shape index (κ3) is 4.20. The lowest BCUT2D eigenvalue weighted by Crippen LogP contribution is -2.23. The third-order valence-corrected chi connectivity index (χ3v) is 7.07. The molecule has 1 amide bonds. The van der Waals surface area contributed by atoms with E-state index in [1.165, 1.54) is 28.8 Å². The maximum absolute atomic E-state index is 14.7. The zero-order chi connectivity index (χ0) is 25.7. The molecule has 1 unspecified atom stereocenters. The van der Waals surface area contributed by atoms with Gasteiger partial charge in [-0.1, -0.05) is 23.7 Å². The lowest BCUT2D eigenvalue weighted by molar-refractivity contribution is 0.1000. The van der Waals surface area contributed by atoms with Crippen molar-refractivity contribution in [2.45, 2.75) is 32.1 Å². The monoisotopic (exact) mass is 505 g/mol. The molecule has 182 valence electrons. The molecular weight excluding hydrogens is 484 g/mol. The molecule has 1 fully saturated rings. The Balaban J connectivity index is 1.54. The van der Waals surface area contributed by atoms with Crippen LogP contribution in [0.3, 0.4) is 0 Å². The number of hydrogen-bond acceptors (Lipinski definition) is 3. The molecule has 2 heterocycles. The molecule has 2 aromatic carbocycles. The quantitative estimate of drug-likeness (QED) is 0.371. The summed E-state index contributed by atoms with van der Waals surface area (Å²) in [6.07, 6.45) is 2.39. The van der Waals surface area contributed by atoms with Crippen LogP contribution >= 0.6 is 11.6 Å². The van der Waals surface area contributed by atoms with Crippen LogP contribution in [0.25, 0.3) is 16.9 Å². The van der Waals surface area contributed by atoms with Crippen LogP contribution in [0, 0.1) is 25.5 Å². The number of carbonyl (C=O) groups is 1. The minimum atomic E-state index is -0.729. The van der Waals surface area contributed by atoms with Crippen LogP contribution in [-0.4, -0.2) is 15.5 Å². The van der Waals surface area contributed by atoms with Gasteiger partial charge in [0.05, 0.1) is 11.4 Å². The summed E-state index contributed by atoms with van der Waals surface area (Å²) in [5.41, 5.74) is 9.08. The molecule has 5 rings (SSSR count). The first-order valence-electron chi connectivity index (χ1n) is 11.4. The number of nitrogens with two attached hydrogens (primary N) is 1. The third-order valence-electron chi connectivity index (χ3n) is 6.69. The van der Waals surface area contributed by atoms with Gasteiger partial charge in [-0.05, 0) is 91.3 Å². The molecule has 2 aromatic heterocycles. The highest BCUT2D eigenvalue weighted by atomic mass is 35.5. The zero-order valence-electron chi connectivity index (χ0n) is 19.6. The van der Waals surface area contributed by atoms with E-state index in [1.807, 2.05) is 13.0 Å². The van der Waals surface area contributed by atoms with Gasteiger partial charge in [0.25, 0.3) is 5.56 Å². The Morgan fingerprint density at radius 2 is 1.78 bits per heavy atom. The van der Waals surface area contributed by atoms with Crippen LogP contribution in [0.1, 0.15) is 51.0 Å². The van der Waals surface area contributed by atoms with E-state index in [0.29, 0.717) is 22.6 Å². The highest BCUT2D eigenvalue weighted by molar-refractivity contribution is 6.31. The predicted octanol–water partition coefficient (Wildman–Crippen LogP) is 5.82. The van der Waals surface area contributed by atoms with Gasteiger partial charge in [-0.3, -0.25) is 19.1 Å². The lowest BCUT2D eigenvalue weighted by Gasteiger charge is -2.17. The number of primary amides is 1. The smallest absolute Gasteiger partial charge is 0.274 e. The predicted molar refractivity (Wildman–Crippen MR) is 135 cm³/mol. The first kappa shape index (κ1) is 23.9. The molecule has 8 heteroatoms. The Labute approximate surface area is 211 Å². The summed E-state index contributed by atoms with van der Waals surface area (Å²) in [5.74, 6) is -1.41. The van der Waals surface area contributed by atoms with E-state index in [0.717, 1.165) is 23.6 Å². The van der Waals surface area contributed by atoms with Gasteiger partial charge in [-0.15, -0.1) is 0 Å². The number of aromatic nitrogens is 2. The van der Waals surface area contributed by atoms with E-state index >= 15 is 0 Å². The molecule has 5 nitrogen and oxygen atoms in total. The van der Waals surface area contributed by atoms with Crippen LogP contribution in [-0.2, 0) is 0 Å². The number of pyridine rings is 2. The molecule has 36 heavy (non-hydrogen) atoms. The van der Waals surface area contributed by atoms with Crippen molar-refractivity contribution in [1.82, 2.24) is 9.55 Å². The van der Waals surface area contributed by atoms with Crippen LogP contribution in [0.4, 0.5) is 8.78 Å². The van der Waals surface area contributed by atoms with Gasteiger partial charge >= 0.3 is 0 Å². The second-order valence-corrected chi connectivity index (χ2v) is 9.49. The number of halogens is 3. The van der Waals surface area contributed by atoms with Crippen LogP contribution in [0.5, 0.6) is 0 Å². The molecule has 2 N–H and O–H groups in total. The van der Waals surface area contributed by atoms with E-state index in [-0.39, 0.29) is 39.4 Å². The number of rotatable bonds is 5. The minimum absolute atomic E-state index is 0.0528. The van der Waals surface area contributed by atoms with Crippen molar-refractivity contribution in [2.24, 2.45) is 5.73 Å². The summed E-state index contributed by atoms with van der Waals surface area (Å²) >= 11 is 6.60. The average Bonchev–Trinajstić information content (AvgIpc) is 3.64. The summed E-state index contributed by atoms with van der Waals surface area (Å²) in [4.78, 5) is 29.1. The van der Waals surface area contributed by atoms with Gasteiger partial charge in [0.2, 0.25) is 5.91 Å². The van der Waals surface area contributed by atoms with E-state index < -0.39 is 11.7 Å². The molecule has 0 spiro atoms. The molecule has 2 atom stereocenters. The topological polar surface area (TPSA) is 78.0 Å². The molecule has 1 aliphatic carbocycles. The van der Waals surface area contributed by atoms with Gasteiger partial charge in [-0.2, -0.15) is 0 Å². The largest absolute Gasteiger partial charge is 0.366 e. The summed E-state index contributed by atoms with van der Waals surface area (Å²) in [6, 6.07) is 13.9. The van der Waals surface area contributed by atoms with Gasteiger partial charge in [-0.25, -0.2) is 8.78 Å². The molecule has 0 aliphatic heterocycles. The van der Waals surface area contributed by atoms with E-state index in [4.69, 9.17) is 17.3 Å². The maximum atomic E-state index is 14.7. The normalized spacial score (nSPS) is 16.7. The summed E-state index contributed by atoms with van der Waals surface area (Å²) in [5, 5.41) is 0.130. The van der Waals surface area contributed by atoms with Crippen LogP contribution in [0.2, 0.25) is 5.02 Å². The number of carbonyl (C=O) groups excluding carboxylic acids is 1. The number of benzene rings is 2. The molecule has 0 saturated heterocycles. The Kier molecular flexibility index (Phi) is 5.96. The standard InChI is InChI=1S/C28H22ClF2N3O2/c1-14-13-33-24(19-8-5-17(27(32)35)10-23(19)31)12-25(14)34-15(2)9-22(26(29)28(34)36)21-11-20(21)16-3-6-18(30)7-4-16/h3-10,12-13,20-21H,11H2,1-2H3,(H2,32,35)/t20?,21-/m1/s1. The summed E-state index contributed by atoms with van der Waals surface area (Å²) in [7, 11) is 0. The van der Waals surface area contributed by atoms with E-state index in [2.05, 4.69) is 4.98 Å². The van der Waals surface area contributed by atoms with Crippen molar-refractivity contribution in [3.05, 3.63) is 116 Å². The molecule has 1 aliphatic rings.